The summed E-state index contributed by atoms with van der Waals surface area (Å²) in [4.78, 5) is 23.6. The lowest BCUT2D eigenvalue weighted by molar-refractivity contribution is -0.143. The number of carbonyl (C=O) groups is 2. The van der Waals surface area contributed by atoms with Crippen LogP contribution >= 0.6 is 0 Å². The van der Waals surface area contributed by atoms with E-state index in [-0.39, 0.29) is 11.3 Å². The topological polar surface area (TPSA) is 75.6 Å². The van der Waals surface area contributed by atoms with Crippen LogP contribution in [-0.2, 0) is 9.53 Å². The maximum Gasteiger partial charge on any atom is 0.328 e. The Morgan fingerprint density at radius 2 is 2.25 bits per heavy atom. The Kier molecular flexibility index (Phi) is 6.11. The zero-order chi connectivity index (χ0) is 15.0. The molecule has 1 atom stereocenters. The summed E-state index contributed by atoms with van der Waals surface area (Å²) in [5, 5.41) is 11.9. The molecule has 0 aliphatic rings. The summed E-state index contributed by atoms with van der Waals surface area (Å²) in [5.41, 5.74) is 0.274. The third-order valence-corrected chi connectivity index (χ3v) is 2.71. The number of unbranched alkanes of at least 4 members (excludes halogenated alkanes) is 1. The van der Waals surface area contributed by atoms with Gasteiger partial charge < -0.3 is 15.2 Å². The molecule has 0 unspecified atom stereocenters. The fraction of sp³-hybridized carbons (Fsp3) is 0.333. The number of phenols is 1. The minimum Gasteiger partial charge on any atom is -0.508 e. The molecular formula is C15H17NO4. The van der Waals surface area contributed by atoms with E-state index in [4.69, 9.17) is 6.42 Å². The average Bonchev–Trinajstić information content (AvgIpc) is 2.45. The fourth-order valence-electron chi connectivity index (χ4n) is 1.69. The molecule has 0 bridgehead atoms. The molecule has 0 aromatic heterocycles. The molecule has 20 heavy (non-hydrogen) atoms. The molecule has 0 aliphatic heterocycles. The van der Waals surface area contributed by atoms with Crippen molar-refractivity contribution < 1.29 is 19.4 Å². The third kappa shape index (κ3) is 4.65. The van der Waals surface area contributed by atoms with Gasteiger partial charge in [0.2, 0.25) is 0 Å². The lowest BCUT2D eigenvalue weighted by atomic mass is 10.1. The van der Waals surface area contributed by atoms with Gasteiger partial charge in [-0.1, -0.05) is 6.07 Å². The van der Waals surface area contributed by atoms with Crippen molar-refractivity contribution in [3.8, 4) is 18.1 Å². The third-order valence-electron chi connectivity index (χ3n) is 2.71. The second-order valence-electron chi connectivity index (χ2n) is 4.20. The minimum atomic E-state index is -0.747. The average molecular weight is 275 g/mol. The van der Waals surface area contributed by atoms with E-state index in [1.54, 1.807) is 12.1 Å². The number of nitrogens with one attached hydrogen (secondary N) is 1. The fourth-order valence-corrected chi connectivity index (χ4v) is 1.69. The summed E-state index contributed by atoms with van der Waals surface area (Å²) < 4.78 is 4.65. The lowest BCUT2D eigenvalue weighted by Crippen LogP contribution is -2.41. The van der Waals surface area contributed by atoms with Crippen molar-refractivity contribution in [3.63, 3.8) is 0 Å². The van der Waals surface area contributed by atoms with Gasteiger partial charge in [-0.05, 0) is 31.0 Å². The summed E-state index contributed by atoms with van der Waals surface area (Å²) in [6.07, 6.45) is 6.69. The van der Waals surface area contributed by atoms with Crippen LogP contribution in [0, 0.1) is 12.3 Å². The molecule has 1 aromatic carbocycles. The molecule has 1 rings (SSSR count). The zero-order valence-electron chi connectivity index (χ0n) is 11.3. The van der Waals surface area contributed by atoms with Crippen molar-refractivity contribution in [3.05, 3.63) is 29.8 Å². The van der Waals surface area contributed by atoms with Gasteiger partial charge in [0, 0.05) is 12.0 Å². The predicted molar refractivity (Wildman–Crippen MR) is 74.1 cm³/mol. The first-order chi connectivity index (χ1) is 9.58. The van der Waals surface area contributed by atoms with Gasteiger partial charge in [0.15, 0.2) is 0 Å². The Balaban J connectivity index is 2.71. The van der Waals surface area contributed by atoms with Gasteiger partial charge >= 0.3 is 5.97 Å². The van der Waals surface area contributed by atoms with E-state index >= 15 is 0 Å². The molecule has 0 radical (unpaired) electrons. The van der Waals surface area contributed by atoms with E-state index in [1.165, 1.54) is 19.2 Å². The number of rotatable bonds is 6. The zero-order valence-corrected chi connectivity index (χ0v) is 11.3. The number of aromatic hydroxyl groups is 1. The van der Waals surface area contributed by atoms with Crippen molar-refractivity contribution in [1.29, 1.82) is 0 Å². The lowest BCUT2D eigenvalue weighted by Gasteiger charge is -2.16. The van der Waals surface area contributed by atoms with Gasteiger partial charge in [0.05, 0.1) is 7.11 Å². The highest BCUT2D eigenvalue weighted by Gasteiger charge is 2.21. The maximum atomic E-state index is 12.0. The minimum absolute atomic E-state index is 0.0143. The van der Waals surface area contributed by atoms with Crippen LogP contribution in [0.15, 0.2) is 24.3 Å². The normalized spacial score (nSPS) is 11.2. The molecular weight excluding hydrogens is 258 g/mol. The summed E-state index contributed by atoms with van der Waals surface area (Å²) in [6, 6.07) is 5.14. The van der Waals surface area contributed by atoms with Crippen LogP contribution in [0.5, 0.6) is 5.75 Å². The molecule has 0 saturated carbocycles. The van der Waals surface area contributed by atoms with Crippen LogP contribution < -0.4 is 5.32 Å². The number of ether oxygens (including phenoxy) is 1. The summed E-state index contributed by atoms with van der Waals surface area (Å²) >= 11 is 0. The number of esters is 1. The second-order valence-corrected chi connectivity index (χ2v) is 4.20. The van der Waals surface area contributed by atoms with Gasteiger partial charge in [-0.15, -0.1) is 12.3 Å². The number of phenolic OH excluding ortho intramolecular Hbond substituents is 1. The van der Waals surface area contributed by atoms with Crippen LogP contribution in [0.1, 0.15) is 29.6 Å². The molecule has 0 fully saturated rings. The van der Waals surface area contributed by atoms with E-state index in [0.717, 1.165) is 0 Å². The Labute approximate surface area is 117 Å². The molecule has 1 amide bonds. The number of methoxy groups -OCH3 is 1. The number of hydrogen-bond donors (Lipinski definition) is 2. The van der Waals surface area contributed by atoms with Crippen molar-refractivity contribution in [2.45, 2.75) is 25.3 Å². The number of hydrogen-bond acceptors (Lipinski definition) is 4. The first kappa shape index (κ1) is 15.6. The Hall–Kier alpha value is -2.48. The van der Waals surface area contributed by atoms with Gasteiger partial charge in [0.1, 0.15) is 11.8 Å². The first-order valence-electron chi connectivity index (χ1n) is 6.19. The molecule has 0 spiro atoms. The van der Waals surface area contributed by atoms with Crippen LogP contribution in [0.2, 0.25) is 0 Å². The Bertz CT molecular complexity index is 519. The highest BCUT2D eigenvalue weighted by Crippen LogP contribution is 2.11. The number of carbonyl (C=O) groups excluding carboxylic acids is 2. The van der Waals surface area contributed by atoms with Crippen molar-refractivity contribution in [2.24, 2.45) is 0 Å². The van der Waals surface area contributed by atoms with Gasteiger partial charge in [-0.3, -0.25) is 4.79 Å². The summed E-state index contributed by atoms with van der Waals surface area (Å²) in [6.45, 7) is 0. The monoisotopic (exact) mass is 275 g/mol. The molecule has 0 saturated heterocycles. The van der Waals surface area contributed by atoms with E-state index in [0.29, 0.717) is 19.3 Å². The molecule has 5 heteroatoms. The van der Waals surface area contributed by atoms with Crippen molar-refractivity contribution in [2.75, 3.05) is 7.11 Å². The van der Waals surface area contributed by atoms with Crippen LogP contribution in [0.4, 0.5) is 0 Å². The maximum absolute atomic E-state index is 12.0. The van der Waals surface area contributed by atoms with Gasteiger partial charge in [-0.25, -0.2) is 4.79 Å². The smallest absolute Gasteiger partial charge is 0.328 e. The Morgan fingerprint density at radius 1 is 1.50 bits per heavy atom. The molecule has 2 N–H and O–H groups in total. The molecule has 0 heterocycles. The van der Waals surface area contributed by atoms with Gasteiger partial charge in [0.25, 0.3) is 5.91 Å². The number of terminal acetylenes is 1. The summed E-state index contributed by atoms with van der Waals surface area (Å²) in [5.74, 6) is 1.50. The molecule has 0 aliphatic carbocycles. The highest BCUT2D eigenvalue weighted by atomic mass is 16.5. The quantitative estimate of drug-likeness (QED) is 0.468. The predicted octanol–water partition coefficient (Wildman–Crippen LogP) is 1.47. The molecule has 5 nitrogen and oxygen atoms in total. The van der Waals surface area contributed by atoms with E-state index in [9.17, 15) is 14.7 Å². The van der Waals surface area contributed by atoms with E-state index < -0.39 is 17.9 Å². The van der Waals surface area contributed by atoms with Crippen molar-refractivity contribution >= 4 is 11.9 Å². The first-order valence-corrected chi connectivity index (χ1v) is 6.19. The number of amides is 1. The largest absolute Gasteiger partial charge is 0.508 e. The van der Waals surface area contributed by atoms with Crippen LogP contribution in [0.3, 0.4) is 0 Å². The molecule has 1 aromatic rings. The van der Waals surface area contributed by atoms with Crippen molar-refractivity contribution in [1.82, 2.24) is 5.32 Å². The van der Waals surface area contributed by atoms with Crippen LogP contribution in [-0.4, -0.2) is 30.1 Å². The van der Waals surface area contributed by atoms with Gasteiger partial charge in [-0.2, -0.15) is 0 Å². The standard InChI is InChI=1S/C15H17NO4/c1-3-4-5-9-13(15(19)20-2)16-14(18)11-7-6-8-12(17)10-11/h1,6-8,10,13,17H,4-5,9H2,2H3,(H,16,18)/t13-/m1/s1. The Morgan fingerprint density at radius 3 is 2.85 bits per heavy atom. The number of benzene rings is 1. The van der Waals surface area contributed by atoms with E-state index in [2.05, 4.69) is 16.0 Å². The highest BCUT2D eigenvalue weighted by molar-refractivity contribution is 5.97. The SMILES string of the molecule is C#CCCC[C@@H](NC(=O)c1cccc(O)c1)C(=O)OC. The molecule has 106 valence electrons. The van der Waals surface area contributed by atoms with Crippen LogP contribution in [0.25, 0.3) is 0 Å². The summed E-state index contributed by atoms with van der Waals surface area (Å²) in [7, 11) is 1.26. The van der Waals surface area contributed by atoms with E-state index in [1.807, 2.05) is 0 Å². The second kappa shape index (κ2) is 7.85.